The van der Waals surface area contributed by atoms with E-state index in [1.807, 2.05) is 12.1 Å². The SMILES string of the molecule is O=S1(=O)CCC(NC2CCCc3ccc(O)cc32)C1. The van der Waals surface area contributed by atoms with Crippen molar-refractivity contribution in [3.63, 3.8) is 0 Å². The number of phenols is 1. The Morgan fingerprint density at radius 2 is 2.11 bits per heavy atom. The quantitative estimate of drug-likeness (QED) is 0.863. The molecule has 0 radical (unpaired) electrons. The molecule has 1 aromatic rings. The summed E-state index contributed by atoms with van der Waals surface area (Å²) in [7, 11) is -2.84. The van der Waals surface area contributed by atoms with Crippen LogP contribution in [0.3, 0.4) is 0 Å². The average molecular weight is 281 g/mol. The number of aryl methyl sites for hydroxylation is 1. The first kappa shape index (κ1) is 12.9. The molecular formula is C14H19NO3S. The lowest BCUT2D eigenvalue weighted by molar-refractivity contribution is 0.407. The maximum absolute atomic E-state index is 11.5. The molecule has 0 bridgehead atoms. The molecule has 1 saturated heterocycles. The highest BCUT2D eigenvalue weighted by Crippen LogP contribution is 2.33. The second-order valence-corrected chi connectivity index (χ2v) is 7.82. The molecule has 2 N–H and O–H groups in total. The molecule has 0 aromatic heterocycles. The zero-order valence-electron chi connectivity index (χ0n) is 10.8. The number of hydrogen-bond acceptors (Lipinski definition) is 4. The Morgan fingerprint density at radius 1 is 1.26 bits per heavy atom. The zero-order chi connectivity index (χ0) is 13.5. The van der Waals surface area contributed by atoms with E-state index in [4.69, 9.17) is 0 Å². The highest BCUT2D eigenvalue weighted by atomic mass is 32.2. The summed E-state index contributed by atoms with van der Waals surface area (Å²) < 4.78 is 23.0. The lowest BCUT2D eigenvalue weighted by atomic mass is 9.87. The monoisotopic (exact) mass is 281 g/mol. The van der Waals surface area contributed by atoms with Crippen molar-refractivity contribution in [2.75, 3.05) is 11.5 Å². The van der Waals surface area contributed by atoms with E-state index in [-0.39, 0.29) is 23.6 Å². The van der Waals surface area contributed by atoms with Gasteiger partial charge in [-0.05, 0) is 48.9 Å². The van der Waals surface area contributed by atoms with Crippen molar-refractivity contribution in [3.05, 3.63) is 29.3 Å². The Morgan fingerprint density at radius 3 is 2.84 bits per heavy atom. The highest BCUT2D eigenvalue weighted by molar-refractivity contribution is 7.91. The molecule has 3 rings (SSSR count). The first-order chi connectivity index (χ1) is 9.03. The van der Waals surface area contributed by atoms with Gasteiger partial charge in [0.2, 0.25) is 0 Å². The smallest absolute Gasteiger partial charge is 0.151 e. The van der Waals surface area contributed by atoms with E-state index in [0.717, 1.165) is 24.8 Å². The van der Waals surface area contributed by atoms with Crippen LogP contribution in [0.25, 0.3) is 0 Å². The Kier molecular flexibility index (Phi) is 3.27. The number of nitrogens with one attached hydrogen (secondary N) is 1. The van der Waals surface area contributed by atoms with Crippen LogP contribution in [-0.4, -0.2) is 31.1 Å². The molecular weight excluding hydrogens is 262 g/mol. The summed E-state index contributed by atoms with van der Waals surface area (Å²) >= 11 is 0. The molecule has 1 fully saturated rings. The van der Waals surface area contributed by atoms with Gasteiger partial charge in [-0.3, -0.25) is 0 Å². The van der Waals surface area contributed by atoms with Crippen molar-refractivity contribution < 1.29 is 13.5 Å². The largest absolute Gasteiger partial charge is 0.508 e. The number of phenolic OH excluding ortho intramolecular Hbond substituents is 1. The number of benzene rings is 1. The Labute approximate surface area is 113 Å². The minimum absolute atomic E-state index is 0.0586. The van der Waals surface area contributed by atoms with Gasteiger partial charge in [-0.2, -0.15) is 0 Å². The fourth-order valence-corrected chi connectivity index (χ4v) is 4.86. The fourth-order valence-electron chi connectivity index (χ4n) is 3.17. The second-order valence-electron chi connectivity index (χ2n) is 5.59. The summed E-state index contributed by atoms with van der Waals surface area (Å²) in [6, 6.07) is 5.75. The normalized spacial score (nSPS) is 29.1. The summed E-state index contributed by atoms with van der Waals surface area (Å²) in [6.07, 6.45) is 3.85. The molecule has 104 valence electrons. The summed E-state index contributed by atoms with van der Waals surface area (Å²) in [5.41, 5.74) is 2.40. The standard InChI is InChI=1S/C14H19NO3S/c16-12-5-4-10-2-1-3-14(13(10)8-12)15-11-6-7-19(17,18)9-11/h4-5,8,11,14-16H,1-3,6-7,9H2. The average Bonchev–Trinajstić information content (AvgIpc) is 2.69. The molecule has 1 aliphatic carbocycles. The van der Waals surface area contributed by atoms with E-state index >= 15 is 0 Å². The van der Waals surface area contributed by atoms with Gasteiger partial charge in [0, 0.05) is 12.1 Å². The van der Waals surface area contributed by atoms with Crippen LogP contribution in [0.4, 0.5) is 0 Å². The number of rotatable bonds is 2. The number of fused-ring (bicyclic) bond motifs is 1. The van der Waals surface area contributed by atoms with Gasteiger partial charge in [-0.15, -0.1) is 0 Å². The van der Waals surface area contributed by atoms with E-state index in [1.54, 1.807) is 6.07 Å². The molecule has 1 aliphatic heterocycles. The van der Waals surface area contributed by atoms with Crippen LogP contribution in [0.15, 0.2) is 18.2 Å². The molecule has 1 aromatic carbocycles. The third-order valence-electron chi connectivity index (χ3n) is 4.11. The van der Waals surface area contributed by atoms with Crippen molar-refractivity contribution in [1.29, 1.82) is 0 Å². The molecule has 5 heteroatoms. The van der Waals surface area contributed by atoms with Gasteiger partial charge >= 0.3 is 0 Å². The summed E-state index contributed by atoms with van der Waals surface area (Å²) in [5, 5.41) is 13.1. The van der Waals surface area contributed by atoms with E-state index < -0.39 is 9.84 Å². The fraction of sp³-hybridized carbons (Fsp3) is 0.571. The van der Waals surface area contributed by atoms with Crippen molar-refractivity contribution in [2.45, 2.75) is 37.8 Å². The van der Waals surface area contributed by atoms with E-state index in [2.05, 4.69) is 5.32 Å². The summed E-state index contributed by atoms with van der Waals surface area (Å²) in [4.78, 5) is 0. The van der Waals surface area contributed by atoms with Crippen molar-refractivity contribution >= 4 is 9.84 Å². The molecule has 2 aliphatic rings. The van der Waals surface area contributed by atoms with E-state index in [1.165, 1.54) is 5.56 Å². The van der Waals surface area contributed by atoms with Crippen LogP contribution < -0.4 is 5.32 Å². The molecule has 4 nitrogen and oxygen atoms in total. The minimum atomic E-state index is -2.84. The molecule has 0 amide bonds. The number of aromatic hydroxyl groups is 1. The first-order valence-electron chi connectivity index (χ1n) is 6.82. The van der Waals surface area contributed by atoms with Gasteiger partial charge in [0.05, 0.1) is 11.5 Å². The van der Waals surface area contributed by atoms with Gasteiger partial charge in [0.15, 0.2) is 9.84 Å². The van der Waals surface area contributed by atoms with Crippen LogP contribution in [-0.2, 0) is 16.3 Å². The molecule has 1 heterocycles. The summed E-state index contributed by atoms with van der Waals surface area (Å²) in [6.45, 7) is 0. The Bertz CT molecular complexity index is 582. The Hall–Kier alpha value is -1.07. The lowest BCUT2D eigenvalue weighted by Crippen LogP contribution is -2.35. The maximum atomic E-state index is 11.5. The second kappa shape index (κ2) is 4.80. The van der Waals surface area contributed by atoms with Crippen LogP contribution in [0.1, 0.15) is 36.4 Å². The Balaban J connectivity index is 1.79. The predicted octanol–water partition coefficient (Wildman–Crippen LogP) is 1.55. The third-order valence-corrected chi connectivity index (χ3v) is 5.88. The zero-order valence-corrected chi connectivity index (χ0v) is 11.6. The van der Waals surface area contributed by atoms with E-state index in [0.29, 0.717) is 12.2 Å². The lowest BCUT2D eigenvalue weighted by Gasteiger charge is -2.29. The first-order valence-corrected chi connectivity index (χ1v) is 8.64. The van der Waals surface area contributed by atoms with Gasteiger partial charge in [-0.25, -0.2) is 8.42 Å². The minimum Gasteiger partial charge on any atom is -0.508 e. The number of hydrogen-bond donors (Lipinski definition) is 2. The molecule has 19 heavy (non-hydrogen) atoms. The van der Waals surface area contributed by atoms with Gasteiger partial charge in [0.1, 0.15) is 5.75 Å². The molecule has 2 unspecified atom stereocenters. The molecule has 0 saturated carbocycles. The van der Waals surface area contributed by atoms with Crippen LogP contribution in [0.5, 0.6) is 5.75 Å². The highest BCUT2D eigenvalue weighted by Gasteiger charge is 2.31. The molecule has 0 spiro atoms. The maximum Gasteiger partial charge on any atom is 0.151 e. The van der Waals surface area contributed by atoms with Crippen LogP contribution in [0.2, 0.25) is 0 Å². The summed E-state index contributed by atoms with van der Waals surface area (Å²) in [5.74, 6) is 0.827. The van der Waals surface area contributed by atoms with Crippen molar-refractivity contribution in [1.82, 2.24) is 5.32 Å². The van der Waals surface area contributed by atoms with E-state index in [9.17, 15) is 13.5 Å². The van der Waals surface area contributed by atoms with Crippen molar-refractivity contribution in [2.24, 2.45) is 0 Å². The van der Waals surface area contributed by atoms with Crippen molar-refractivity contribution in [3.8, 4) is 5.75 Å². The van der Waals surface area contributed by atoms with Gasteiger partial charge < -0.3 is 10.4 Å². The number of sulfone groups is 1. The topological polar surface area (TPSA) is 66.4 Å². The third kappa shape index (κ3) is 2.77. The van der Waals surface area contributed by atoms with Crippen LogP contribution in [0, 0.1) is 0 Å². The van der Waals surface area contributed by atoms with Gasteiger partial charge in [-0.1, -0.05) is 6.07 Å². The van der Waals surface area contributed by atoms with Crippen LogP contribution >= 0.6 is 0 Å². The molecule has 2 atom stereocenters. The predicted molar refractivity (Wildman–Crippen MR) is 74.0 cm³/mol. The van der Waals surface area contributed by atoms with Gasteiger partial charge in [0.25, 0.3) is 0 Å².